The van der Waals surface area contributed by atoms with E-state index >= 15 is 0 Å². The molecule has 0 aliphatic carbocycles. The number of fused-ring (bicyclic) bond motifs is 1. The van der Waals surface area contributed by atoms with Crippen molar-refractivity contribution in [1.82, 2.24) is 3.97 Å². The van der Waals surface area contributed by atoms with E-state index in [2.05, 4.69) is 0 Å². The van der Waals surface area contributed by atoms with Crippen LogP contribution in [0.1, 0.15) is 5.56 Å². The lowest BCUT2D eigenvalue weighted by molar-refractivity contribution is 0.411. The van der Waals surface area contributed by atoms with Gasteiger partial charge in [-0.05, 0) is 35.9 Å². The third-order valence-corrected chi connectivity index (χ3v) is 6.21. The van der Waals surface area contributed by atoms with Crippen LogP contribution in [-0.4, -0.2) is 17.5 Å². The first-order valence-corrected chi connectivity index (χ1v) is 9.81. The molecular formula is C21H12F2N2O3S. The zero-order valence-corrected chi connectivity index (χ0v) is 15.5. The predicted molar refractivity (Wildman–Crippen MR) is 103 cm³/mol. The van der Waals surface area contributed by atoms with Crippen LogP contribution in [0.25, 0.3) is 22.2 Å². The fourth-order valence-electron chi connectivity index (χ4n) is 3.17. The molecule has 1 heterocycles. The summed E-state index contributed by atoms with van der Waals surface area (Å²) < 4.78 is 55.3. The highest BCUT2D eigenvalue weighted by atomic mass is 32.2. The summed E-state index contributed by atoms with van der Waals surface area (Å²) in [6.45, 7) is 0. The van der Waals surface area contributed by atoms with E-state index in [1.54, 1.807) is 36.4 Å². The minimum Gasteiger partial charge on any atom is -0.504 e. The number of rotatable bonds is 3. The van der Waals surface area contributed by atoms with Crippen LogP contribution < -0.4 is 0 Å². The van der Waals surface area contributed by atoms with Gasteiger partial charge in [0, 0.05) is 11.5 Å². The van der Waals surface area contributed by atoms with Gasteiger partial charge in [0.05, 0.1) is 22.8 Å². The Morgan fingerprint density at radius 1 is 0.966 bits per heavy atom. The largest absolute Gasteiger partial charge is 0.504 e. The van der Waals surface area contributed by atoms with Crippen molar-refractivity contribution < 1.29 is 22.3 Å². The number of aromatic hydroxyl groups is 1. The molecule has 29 heavy (non-hydrogen) atoms. The van der Waals surface area contributed by atoms with Gasteiger partial charge in [0.25, 0.3) is 10.0 Å². The Kier molecular flexibility index (Phi) is 4.32. The summed E-state index contributed by atoms with van der Waals surface area (Å²) in [5.41, 5.74) is 1.28. The molecule has 1 N–H and O–H groups in total. The van der Waals surface area contributed by atoms with E-state index in [4.69, 9.17) is 5.26 Å². The molecule has 8 heteroatoms. The van der Waals surface area contributed by atoms with Crippen molar-refractivity contribution in [2.45, 2.75) is 4.90 Å². The standard InChI is InChI=1S/C21H12F2N2O3S/c22-16-10-17(23)21(26)20(11-16)29(27,28)25-18-7-6-13(12-24)8-15(18)9-19(25)14-4-2-1-3-5-14/h1-11,26H. The molecule has 0 bridgehead atoms. The van der Waals surface area contributed by atoms with Crippen LogP contribution in [0.2, 0.25) is 0 Å². The van der Waals surface area contributed by atoms with Gasteiger partial charge in [0.1, 0.15) is 10.7 Å². The molecule has 0 amide bonds. The second kappa shape index (κ2) is 6.72. The number of hydrogen-bond donors (Lipinski definition) is 1. The number of phenols is 1. The van der Waals surface area contributed by atoms with Crippen LogP contribution in [0, 0.1) is 23.0 Å². The molecule has 0 aliphatic rings. The van der Waals surface area contributed by atoms with Crippen molar-refractivity contribution in [3.05, 3.63) is 83.9 Å². The molecule has 3 aromatic carbocycles. The maximum atomic E-state index is 13.8. The Balaban J connectivity index is 2.11. The highest BCUT2D eigenvalue weighted by molar-refractivity contribution is 7.90. The zero-order valence-electron chi connectivity index (χ0n) is 14.7. The number of benzene rings is 3. The summed E-state index contributed by atoms with van der Waals surface area (Å²) in [4.78, 5) is -0.894. The molecule has 0 spiro atoms. The average Bonchev–Trinajstić information content (AvgIpc) is 3.10. The van der Waals surface area contributed by atoms with E-state index in [1.165, 1.54) is 18.2 Å². The lowest BCUT2D eigenvalue weighted by Gasteiger charge is -2.14. The molecule has 0 atom stereocenters. The summed E-state index contributed by atoms with van der Waals surface area (Å²) in [6, 6.07) is 17.4. The first-order valence-electron chi connectivity index (χ1n) is 8.37. The molecule has 0 saturated carbocycles. The van der Waals surface area contributed by atoms with Gasteiger partial charge in [0.2, 0.25) is 0 Å². The molecule has 1 aromatic heterocycles. The molecule has 0 unspecified atom stereocenters. The summed E-state index contributed by atoms with van der Waals surface area (Å²) in [7, 11) is -4.59. The highest BCUT2D eigenvalue weighted by Crippen LogP contribution is 2.36. The third kappa shape index (κ3) is 3.02. The first kappa shape index (κ1) is 18.7. The van der Waals surface area contributed by atoms with E-state index in [-0.39, 0.29) is 11.2 Å². The van der Waals surface area contributed by atoms with Gasteiger partial charge >= 0.3 is 0 Å². The van der Waals surface area contributed by atoms with Gasteiger partial charge in [-0.1, -0.05) is 30.3 Å². The summed E-state index contributed by atoms with van der Waals surface area (Å²) in [6.07, 6.45) is 0. The maximum Gasteiger partial charge on any atom is 0.272 e. The van der Waals surface area contributed by atoms with Crippen molar-refractivity contribution in [1.29, 1.82) is 5.26 Å². The van der Waals surface area contributed by atoms with Crippen molar-refractivity contribution in [3.63, 3.8) is 0 Å². The summed E-state index contributed by atoms with van der Waals surface area (Å²) in [5.74, 6) is -3.68. The monoisotopic (exact) mass is 410 g/mol. The van der Waals surface area contributed by atoms with Gasteiger partial charge in [-0.25, -0.2) is 21.2 Å². The molecule has 144 valence electrons. The van der Waals surface area contributed by atoms with Crippen molar-refractivity contribution in [2.75, 3.05) is 0 Å². The lowest BCUT2D eigenvalue weighted by atomic mass is 10.1. The molecule has 4 aromatic rings. The summed E-state index contributed by atoms with van der Waals surface area (Å²) >= 11 is 0. The minimum absolute atomic E-state index is 0.201. The molecule has 5 nitrogen and oxygen atoms in total. The maximum absolute atomic E-state index is 13.8. The number of nitriles is 1. The minimum atomic E-state index is -4.59. The average molecular weight is 410 g/mol. The summed E-state index contributed by atoms with van der Waals surface area (Å²) in [5, 5.41) is 19.6. The number of hydrogen-bond acceptors (Lipinski definition) is 4. The normalized spacial score (nSPS) is 11.5. The van der Waals surface area contributed by atoms with Crippen LogP contribution >= 0.6 is 0 Å². The topological polar surface area (TPSA) is 83.1 Å². The fraction of sp³-hybridized carbons (Fsp3) is 0. The van der Waals surface area contributed by atoms with Crippen LogP contribution in [0.15, 0.2) is 71.6 Å². The zero-order chi connectivity index (χ0) is 20.8. The predicted octanol–water partition coefficient (Wildman–Crippen LogP) is 4.40. The molecule has 0 aliphatic heterocycles. The number of halogens is 2. The van der Waals surface area contributed by atoms with Gasteiger partial charge in [-0.15, -0.1) is 0 Å². The number of aromatic nitrogens is 1. The van der Waals surface area contributed by atoms with Crippen LogP contribution in [0.5, 0.6) is 5.75 Å². The Labute approximate surface area is 164 Å². The number of phenolic OH excluding ortho intramolecular Hbond substituents is 1. The fourth-order valence-corrected chi connectivity index (χ4v) is 4.81. The van der Waals surface area contributed by atoms with E-state index in [0.29, 0.717) is 28.6 Å². The highest BCUT2D eigenvalue weighted by Gasteiger charge is 2.29. The second-order valence-corrected chi connectivity index (χ2v) is 8.04. The third-order valence-electron chi connectivity index (χ3n) is 4.47. The Hall–Kier alpha value is -3.70. The van der Waals surface area contributed by atoms with Gasteiger partial charge in [-0.2, -0.15) is 5.26 Å². The Morgan fingerprint density at radius 2 is 1.69 bits per heavy atom. The Morgan fingerprint density at radius 3 is 2.38 bits per heavy atom. The van der Waals surface area contributed by atoms with Crippen molar-refractivity contribution in [3.8, 4) is 23.1 Å². The second-order valence-electron chi connectivity index (χ2n) is 6.28. The molecule has 0 fully saturated rings. The van der Waals surface area contributed by atoms with Gasteiger partial charge in [0.15, 0.2) is 11.6 Å². The van der Waals surface area contributed by atoms with Crippen molar-refractivity contribution >= 4 is 20.9 Å². The van der Waals surface area contributed by atoms with E-state index in [9.17, 15) is 22.3 Å². The molecule has 0 radical (unpaired) electrons. The lowest BCUT2D eigenvalue weighted by Crippen LogP contribution is -2.15. The van der Waals surface area contributed by atoms with Crippen LogP contribution in [-0.2, 0) is 10.0 Å². The van der Waals surface area contributed by atoms with Crippen LogP contribution in [0.4, 0.5) is 8.78 Å². The molecular weight excluding hydrogens is 398 g/mol. The molecule has 4 rings (SSSR count). The van der Waals surface area contributed by atoms with E-state index in [1.807, 2.05) is 6.07 Å². The van der Waals surface area contributed by atoms with Gasteiger partial charge in [-0.3, -0.25) is 0 Å². The van der Waals surface area contributed by atoms with E-state index < -0.39 is 32.3 Å². The van der Waals surface area contributed by atoms with Crippen LogP contribution in [0.3, 0.4) is 0 Å². The molecule has 0 saturated heterocycles. The SMILES string of the molecule is N#Cc1ccc2c(c1)cc(-c1ccccc1)n2S(=O)(=O)c1cc(F)cc(F)c1O. The van der Waals surface area contributed by atoms with Gasteiger partial charge < -0.3 is 5.11 Å². The van der Waals surface area contributed by atoms with E-state index in [0.717, 1.165) is 3.97 Å². The smallest absolute Gasteiger partial charge is 0.272 e. The van der Waals surface area contributed by atoms with Crippen molar-refractivity contribution in [2.24, 2.45) is 0 Å². The number of nitrogens with zero attached hydrogens (tertiary/aromatic N) is 2. The Bertz CT molecular complexity index is 1410. The quantitative estimate of drug-likeness (QED) is 0.543. The first-order chi connectivity index (χ1) is 13.8.